The van der Waals surface area contributed by atoms with E-state index in [1.807, 2.05) is 13.0 Å². The molecule has 0 aromatic heterocycles. The van der Waals surface area contributed by atoms with Crippen molar-refractivity contribution >= 4 is 11.7 Å². The van der Waals surface area contributed by atoms with Crippen molar-refractivity contribution in [2.75, 3.05) is 5.32 Å². The molecule has 4 nitrogen and oxygen atoms in total. The van der Waals surface area contributed by atoms with E-state index in [4.69, 9.17) is 5.26 Å². The average molecular weight is 272 g/mol. The molecule has 0 aliphatic heterocycles. The van der Waals surface area contributed by atoms with Crippen molar-refractivity contribution in [3.8, 4) is 6.07 Å². The first-order chi connectivity index (χ1) is 9.47. The number of rotatable bonds is 3. The van der Waals surface area contributed by atoms with Gasteiger partial charge >= 0.3 is 5.97 Å². The zero-order valence-electron chi connectivity index (χ0n) is 11.9. The molecule has 4 heteroatoms. The van der Waals surface area contributed by atoms with E-state index in [2.05, 4.69) is 18.3 Å². The number of carboxylic acid groups (broad SMARTS) is 1. The first kappa shape index (κ1) is 14.4. The lowest BCUT2D eigenvalue weighted by atomic mass is 9.77. The van der Waals surface area contributed by atoms with Gasteiger partial charge < -0.3 is 10.4 Å². The molecule has 1 fully saturated rings. The smallest absolute Gasteiger partial charge is 0.329 e. The zero-order chi connectivity index (χ0) is 14.8. The Labute approximate surface area is 119 Å². The maximum atomic E-state index is 11.7. The molecule has 1 saturated carbocycles. The number of carboxylic acids is 1. The van der Waals surface area contributed by atoms with Gasteiger partial charge in [-0.25, -0.2) is 4.79 Å². The number of nitriles is 1. The molecule has 0 radical (unpaired) electrons. The van der Waals surface area contributed by atoms with Crippen LogP contribution in [0.1, 0.15) is 43.7 Å². The minimum absolute atomic E-state index is 0.590. The van der Waals surface area contributed by atoms with Gasteiger partial charge in [-0.1, -0.05) is 6.92 Å². The van der Waals surface area contributed by atoms with E-state index in [1.54, 1.807) is 12.1 Å². The van der Waals surface area contributed by atoms with Crippen molar-refractivity contribution in [3.05, 3.63) is 29.3 Å². The SMILES string of the molecule is Cc1cc(NC2(C(=O)O)CCC(C)CC2)ccc1C#N. The van der Waals surface area contributed by atoms with Crippen molar-refractivity contribution in [1.29, 1.82) is 5.26 Å². The molecule has 0 atom stereocenters. The highest BCUT2D eigenvalue weighted by Crippen LogP contribution is 2.35. The molecule has 0 unspecified atom stereocenters. The van der Waals surface area contributed by atoms with Crippen LogP contribution in [0.5, 0.6) is 0 Å². The lowest BCUT2D eigenvalue weighted by Gasteiger charge is -2.37. The molecule has 1 aliphatic carbocycles. The largest absolute Gasteiger partial charge is 0.480 e. The molecule has 2 rings (SSSR count). The summed E-state index contributed by atoms with van der Waals surface area (Å²) in [7, 11) is 0. The van der Waals surface area contributed by atoms with Crippen LogP contribution < -0.4 is 5.32 Å². The van der Waals surface area contributed by atoms with Gasteiger partial charge in [0.15, 0.2) is 0 Å². The van der Waals surface area contributed by atoms with Crippen molar-refractivity contribution in [3.63, 3.8) is 0 Å². The predicted molar refractivity (Wildman–Crippen MR) is 77.5 cm³/mol. The number of nitrogens with one attached hydrogen (secondary N) is 1. The Morgan fingerprint density at radius 1 is 1.45 bits per heavy atom. The predicted octanol–water partition coefficient (Wildman–Crippen LogP) is 3.31. The maximum absolute atomic E-state index is 11.7. The van der Waals surface area contributed by atoms with Gasteiger partial charge in [-0.05, 0) is 62.3 Å². The van der Waals surface area contributed by atoms with Crippen LogP contribution in [0.15, 0.2) is 18.2 Å². The molecule has 2 N–H and O–H groups in total. The van der Waals surface area contributed by atoms with Crippen LogP contribution in [0.2, 0.25) is 0 Å². The normalized spacial score (nSPS) is 25.8. The highest BCUT2D eigenvalue weighted by atomic mass is 16.4. The fourth-order valence-corrected chi connectivity index (χ4v) is 2.79. The monoisotopic (exact) mass is 272 g/mol. The first-order valence-electron chi connectivity index (χ1n) is 6.99. The van der Waals surface area contributed by atoms with Crippen LogP contribution >= 0.6 is 0 Å². The van der Waals surface area contributed by atoms with Gasteiger partial charge in [-0.2, -0.15) is 5.26 Å². The zero-order valence-corrected chi connectivity index (χ0v) is 11.9. The fourth-order valence-electron chi connectivity index (χ4n) is 2.79. The summed E-state index contributed by atoms with van der Waals surface area (Å²) in [6, 6.07) is 7.49. The van der Waals surface area contributed by atoms with E-state index in [0.717, 1.165) is 24.1 Å². The summed E-state index contributed by atoms with van der Waals surface area (Å²) in [5.41, 5.74) is 1.39. The first-order valence-corrected chi connectivity index (χ1v) is 6.99. The standard InChI is InChI=1S/C16H20N2O2/c1-11-5-7-16(8-6-11,15(19)20)18-14-4-3-13(10-17)12(2)9-14/h3-4,9,11,18H,5-8H2,1-2H3,(H,19,20). The minimum Gasteiger partial charge on any atom is -0.480 e. The lowest BCUT2D eigenvalue weighted by molar-refractivity contribution is -0.143. The summed E-state index contributed by atoms with van der Waals surface area (Å²) in [6.07, 6.45) is 3.13. The van der Waals surface area contributed by atoms with Crippen LogP contribution in [0.4, 0.5) is 5.69 Å². The van der Waals surface area contributed by atoms with Crippen LogP contribution in [-0.4, -0.2) is 16.6 Å². The summed E-state index contributed by atoms with van der Waals surface area (Å²) in [5.74, 6) is -0.196. The molecule has 1 aliphatic rings. The van der Waals surface area contributed by atoms with Gasteiger partial charge in [0.05, 0.1) is 11.6 Å². The van der Waals surface area contributed by atoms with Crippen molar-refractivity contribution in [1.82, 2.24) is 0 Å². The minimum atomic E-state index is -0.868. The molecule has 1 aromatic carbocycles. The number of nitrogens with zero attached hydrogens (tertiary/aromatic N) is 1. The Balaban J connectivity index is 2.23. The van der Waals surface area contributed by atoms with Crippen molar-refractivity contribution < 1.29 is 9.90 Å². The fraction of sp³-hybridized carbons (Fsp3) is 0.500. The summed E-state index contributed by atoms with van der Waals surface area (Å²) in [4.78, 5) is 11.7. The molecule has 0 heterocycles. The second kappa shape index (κ2) is 5.54. The van der Waals surface area contributed by atoms with Crippen molar-refractivity contribution in [2.45, 2.75) is 45.1 Å². The number of hydrogen-bond donors (Lipinski definition) is 2. The third kappa shape index (κ3) is 2.77. The Kier molecular flexibility index (Phi) is 3.99. The van der Waals surface area contributed by atoms with E-state index >= 15 is 0 Å². The van der Waals surface area contributed by atoms with Crippen LogP contribution in [-0.2, 0) is 4.79 Å². The second-order valence-electron chi connectivity index (χ2n) is 5.84. The number of carbonyl (C=O) groups is 1. The number of anilines is 1. The Morgan fingerprint density at radius 2 is 2.10 bits per heavy atom. The van der Waals surface area contributed by atoms with Crippen LogP contribution in [0.25, 0.3) is 0 Å². The van der Waals surface area contributed by atoms with Gasteiger partial charge in [-0.3, -0.25) is 0 Å². The Hall–Kier alpha value is -2.02. The molecule has 0 saturated heterocycles. The Bertz CT molecular complexity index is 552. The van der Waals surface area contributed by atoms with E-state index < -0.39 is 11.5 Å². The molecule has 0 bridgehead atoms. The van der Waals surface area contributed by atoms with E-state index in [0.29, 0.717) is 24.3 Å². The maximum Gasteiger partial charge on any atom is 0.329 e. The van der Waals surface area contributed by atoms with Gasteiger partial charge in [0.2, 0.25) is 0 Å². The molecular formula is C16H20N2O2. The number of hydrogen-bond acceptors (Lipinski definition) is 3. The second-order valence-corrected chi connectivity index (χ2v) is 5.84. The van der Waals surface area contributed by atoms with Gasteiger partial charge in [0.25, 0.3) is 0 Å². The summed E-state index contributed by atoms with van der Waals surface area (Å²) >= 11 is 0. The third-order valence-corrected chi connectivity index (χ3v) is 4.27. The number of benzene rings is 1. The molecule has 0 amide bonds. The highest BCUT2D eigenvalue weighted by Gasteiger charge is 2.41. The van der Waals surface area contributed by atoms with Crippen molar-refractivity contribution in [2.24, 2.45) is 5.92 Å². The molecule has 106 valence electrons. The van der Waals surface area contributed by atoms with E-state index in [1.165, 1.54) is 0 Å². The van der Waals surface area contributed by atoms with E-state index in [9.17, 15) is 9.90 Å². The van der Waals surface area contributed by atoms with Crippen LogP contribution in [0.3, 0.4) is 0 Å². The van der Waals surface area contributed by atoms with Gasteiger partial charge in [0.1, 0.15) is 5.54 Å². The van der Waals surface area contributed by atoms with E-state index in [-0.39, 0.29) is 0 Å². The quantitative estimate of drug-likeness (QED) is 0.885. The average Bonchev–Trinajstić information content (AvgIpc) is 2.41. The number of aryl methyl sites for hydroxylation is 1. The van der Waals surface area contributed by atoms with Crippen LogP contribution in [0, 0.1) is 24.2 Å². The van der Waals surface area contributed by atoms with Gasteiger partial charge in [0, 0.05) is 5.69 Å². The van der Waals surface area contributed by atoms with Gasteiger partial charge in [-0.15, -0.1) is 0 Å². The molecule has 20 heavy (non-hydrogen) atoms. The Morgan fingerprint density at radius 3 is 2.60 bits per heavy atom. The topological polar surface area (TPSA) is 73.1 Å². The summed E-state index contributed by atoms with van der Waals surface area (Å²) < 4.78 is 0. The summed E-state index contributed by atoms with van der Waals surface area (Å²) in [6.45, 7) is 4.03. The highest BCUT2D eigenvalue weighted by molar-refractivity contribution is 5.83. The lowest BCUT2D eigenvalue weighted by Crippen LogP contribution is -2.48. The molecular weight excluding hydrogens is 252 g/mol. The number of aliphatic carboxylic acids is 1. The summed E-state index contributed by atoms with van der Waals surface area (Å²) in [5, 5.41) is 21.7. The third-order valence-electron chi connectivity index (χ3n) is 4.27. The molecule has 1 aromatic rings. The molecule has 0 spiro atoms.